The summed E-state index contributed by atoms with van der Waals surface area (Å²) in [6.45, 7) is 1.41. The molecule has 0 radical (unpaired) electrons. The lowest BCUT2D eigenvalue weighted by molar-refractivity contribution is -0.161. The second-order valence-corrected chi connectivity index (χ2v) is 4.57. The quantitative estimate of drug-likeness (QED) is 0.842. The van der Waals surface area contributed by atoms with Gasteiger partial charge >= 0.3 is 11.0 Å². The number of halogens is 3. The van der Waals surface area contributed by atoms with Crippen molar-refractivity contribution in [3.8, 4) is 0 Å². The van der Waals surface area contributed by atoms with Crippen LogP contribution in [0.4, 0.5) is 13.2 Å². The summed E-state index contributed by atoms with van der Waals surface area (Å²) >= 11 is 0.920. The minimum absolute atomic E-state index is 0.0454. The van der Waals surface area contributed by atoms with Crippen molar-refractivity contribution < 1.29 is 18.0 Å². The third-order valence-corrected chi connectivity index (χ3v) is 3.26. The normalized spacial score (nSPS) is 11.6. The van der Waals surface area contributed by atoms with E-state index in [0.717, 1.165) is 11.3 Å². The van der Waals surface area contributed by atoms with Gasteiger partial charge in [0, 0.05) is 17.6 Å². The van der Waals surface area contributed by atoms with Crippen LogP contribution < -0.4 is 4.87 Å². The first-order valence-electron chi connectivity index (χ1n) is 5.24. The lowest BCUT2D eigenvalue weighted by Gasteiger charge is -2.22. The van der Waals surface area contributed by atoms with Crippen molar-refractivity contribution in [1.29, 1.82) is 0 Å². The molecule has 4 nitrogen and oxygen atoms in total. The van der Waals surface area contributed by atoms with E-state index in [1.807, 2.05) is 0 Å². The van der Waals surface area contributed by atoms with Crippen molar-refractivity contribution in [3.63, 3.8) is 0 Å². The number of rotatable bonds is 4. The van der Waals surface area contributed by atoms with Gasteiger partial charge in [-0.05, 0) is 13.8 Å². The van der Waals surface area contributed by atoms with E-state index in [1.54, 1.807) is 12.3 Å². The summed E-state index contributed by atoms with van der Waals surface area (Å²) in [5, 5.41) is 1.57. The fraction of sp³-hybridized carbons (Fsp3) is 0.600. The zero-order valence-corrected chi connectivity index (χ0v) is 10.8. The van der Waals surface area contributed by atoms with E-state index in [1.165, 1.54) is 11.5 Å². The van der Waals surface area contributed by atoms with Crippen molar-refractivity contribution >= 4 is 17.2 Å². The van der Waals surface area contributed by atoms with Gasteiger partial charge in [0.1, 0.15) is 13.1 Å². The second kappa shape index (κ2) is 5.55. The molecule has 0 aliphatic rings. The molecule has 8 heteroatoms. The van der Waals surface area contributed by atoms with Gasteiger partial charge in [-0.3, -0.25) is 14.2 Å². The van der Waals surface area contributed by atoms with E-state index in [2.05, 4.69) is 0 Å². The summed E-state index contributed by atoms with van der Waals surface area (Å²) in [7, 11) is 0. The third kappa shape index (κ3) is 3.86. The maximum atomic E-state index is 12.2. The van der Waals surface area contributed by atoms with Crippen LogP contribution in [0.1, 0.15) is 12.6 Å². The monoisotopic (exact) mass is 282 g/mol. The molecule has 1 amide bonds. The number of alkyl halides is 3. The van der Waals surface area contributed by atoms with Crippen molar-refractivity contribution in [3.05, 3.63) is 20.7 Å². The molecular weight excluding hydrogens is 269 g/mol. The van der Waals surface area contributed by atoms with Gasteiger partial charge in [0.25, 0.3) is 0 Å². The summed E-state index contributed by atoms with van der Waals surface area (Å²) in [5.74, 6) is -0.710. The molecule has 0 aromatic carbocycles. The topological polar surface area (TPSA) is 42.3 Å². The SMILES string of the molecule is CCN(CC(F)(F)F)C(=O)Cn1c(C)csc1=O. The summed E-state index contributed by atoms with van der Waals surface area (Å²) < 4.78 is 37.9. The lowest BCUT2D eigenvalue weighted by atomic mass is 10.4. The first kappa shape index (κ1) is 14.7. The number of hydrogen-bond donors (Lipinski definition) is 0. The molecule has 18 heavy (non-hydrogen) atoms. The number of hydrogen-bond acceptors (Lipinski definition) is 3. The number of likely N-dealkylation sites (N-methyl/N-ethyl adjacent to an activating group) is 1. The Morgan fingerprint density at radius 1 is 1.50 bits per heavy atom. The maximum Gasteiger partial charge on any atom is 0.406 e. The molecular formula is C10H13F3N2O2S. The molecule has 0 spiro atoms. The van der Waals surface area contributed by atoms with Crippen LogP contribution in [0.2, 0.25) is 0 Å². The molecule has 0 aliphatic carbocycles. The lowest BCUT2D eigenvalue weighted by Crippen LogP contribution is -2.41. The van der Waals surface area contributed by atoms with E-state index >= 15 is 0 Å². The Balaban J connectivity index is 2.78. The predicted molar refractivity (Wildman–Crippen MR) is 61.6 cm³/mol. The molecule has 0 saturated heterocycles. The molecule has 1 rings (SSSR count). The average molecular weight is 282 g/mol. The van der Waals surface area contributed by atoms with Crippen LogP contribution >= 0.6 is 11.3 Å². The minimum Gasteiger partial charge on any atom is -0.332 e. The fourth-order valence-corrected chi connectivity index (χ4v) is 2.16. The van der Waals surface area contributed by atoms with E-state index < -0.39 is 18.6 Å². The molecule has 0 unspecified atom stereocenters. The number of carbonyl (C=O) groups is 1. The van der Waals surface area contributed by atoms with Gasteiger partial charge in [0.05, 0.1) is 0 Å². The van der Waals surface area contributed by atoms with Crippen LogP contribution in [-0.2, 0) is 11.3 Å². The standard InChI is InChI=1S/C10H13F3N2O2S/c1-3-14(6-10(11,12)13)8(16)4-15-7(2)5-18-9(15)17/h5H,3-4,6H2,1-2H3. The highest BCUT2D eigenvalue weighted by atomic mass is 32.1. The van der Waals surface area contributed by atoms with Gasteiger partial charge in [-0.2, -0.15) is 13.2 Å². The van der Waals surface area contributed by atoms with Gasteiger partial charge in [-0.15, -0.1) is 0 Å². The molecule has 0 atom stereocenters. The fourth-order valence-electron chi connectivity index (χ4n) is 1.42. The zero-order chi connectivity index (χ0) is 13.9. The molecule has 0 bridgehead atoms. The highest BCUT2D eigenvalue weighted by molar-refractivity contribution is 7.07. The Morgan fingerprint density at radius 3 is 2.50 bits per heavy atom. The minimum atomic E-state index is -4.43. The Bertz CT molecular complexity index is 478. The molecule has 1 aromatic rings. The molecule has 1 heterocycles. The average Bonchev–Trinajstić information content (AvgIpc) is 2.56. The van der Waals surface area contributed by atoms with E-state index in [9.17, 15) is 22.8 Å². The first-order valence-corrected chi connectivity index (χ1v) is 6.12. The molecule has 0 fully saturated rings. The summed E-state index contributed by atoms with van der Waals surface area (Å²) in [5.41, 5.74) is 0.571. The van der Waals surface area contributed by atoms with Crippen LogP contribution in [0.15, 0.2) is 10.2 Å². The third-order valence-electron chi connectivity index (χ3n) is 2.37. The number of amides is 1. The Morgan fingerprint density at radius 2 is 2.11 bits per heavy atom. The van der Waals surface area contributed by atoms with Gasteiger partial charge in [-0.25, -0.2) is 0 Å². The number of aromatic nitrogens is 1. The number of aryl methyl sites for hydroxylation is 1. The number of thiazole rings is 1. The smallest absolute Gasteiger partial charge is 0.332 e. The maximum absolute atomic E-state index is 12.2. The van der Waals surface area contributed by atoms with E-state index in [-0.39, 0.29) is 18.0 Å². The summed E-state index contributed by atoms with van der Waals surface area (Å²) in [4.78, 5) is 23.4. The van der Waals surface area contributed by atoms with Crippen LogP contribution in [0.25, 0.3) is 0 Å². The summed E-state index contributed by atoms with van der Waals surface area (Å²) in [6.07, 6.45) is -4.43. The molecule has 0 N–H and O–H groups in total. The summed E-state index contributed by atoms with van der Waals surface area (Å²) in [6, 6.07) is 0. The van der Waals surface area contributed by atoms with Gasteiger partial charge in [0.15, 0.2) is 0 Å². The highest BCUT2D eigenvalue weighted by Gasteiger charge is 2.32. The van der Waals surface area contributed by atoms with Gasteiger partial charge in [0.2, 0.25) is 5.91 Å². The Labute approximate surface area is 106 Å². The van der Waals surface area contributed by atoms with Crippen LogP contribution in [0, 0.1) is 6.92 Å². The highest BCUT2D eigenvalue weighted by Crippen LogP contribution is 2.16. The van der Waals surface area contributed by atoms with Crippen LogP contribution in [-0.4, -0.2) is 34.6 Å². The Hall–Kier alpha value is -1.31. The Kier molecular flexibility index (Phi) is 4.55. The van der Waals surface area contributed by atoms with Gasteiger partial charge < -0.3 is 4.90 Å². The van der Waals surface area contributed by atoms with Gasteiger partial charge in [-0.1, -0.05) is 11.3 Å². The molecule has 0 saturated carbocycles. The number of carbonyl (C=O) groups excluding carboxylic acids is 1. The number of nitrogens with zero attached hydrogens (tertiary/aromatic N) is 2. The van der Waals surface area contributed by atoms with Crippen molar-refractivity contribution in [1.82, 2.24) is 9.47 Å². The van der Waals surface area contributed by atoms with E-state index in [4.69, 9.17) is 0 Å². The van der Waals surface area contributed by atoms with Crippen LogP contribution in [0.3, 0.4) is 0 Å². The molecule has 102 valence electrons. The van der Waals surface area contributed by atoms with Crippen molar-refractivity contribution in [2.24, 2.45) is 0 Å². The largest absolute Gasteiger partial charge is 0.406 e. The molecule has 1 aromatic heterocycles. The zero-order valence-electron chi connectivity index (χ0n) is 9.95. The predicted octanol–water partition coefficient (Wildman–Crippen LogP) is 1.63. The van der Waals surface area contributed by atoms with E-state index in [0.29, 0.717) is 10.6 Å². The molecule has 0 aliphatic heterocycles. The first-order chi connectivity index (χ1) is 8.24. The second-order valence-electron chi connectivity index (χ2n) is 3.75. The van der Waals surface area contributed by atoms with Crippen molar-refractivity contribution in [2.75, 3.05) is 13.1 Å². The van der Waals surface area contributed by atoms with Crippen LogP contribution in [0.5, 0.6) is 0 Å². The van der Waals surface area contributed by atoms with Crippen molar-refractivity contribution in [2.45, 2.75) is 26.6 Å².